The topological polar surface area (TPSA) is 84.9 Å². The zero-order chi connectivity index (χ0) is 17.0. The molecule has 7 nitrogen and oxygen atoms in total. The number of hydrogen-bond donors (Lipinski definition) is 1. The number of nitrogens with one attached hydrogen (secondary N) is 1. The van der Waals surface area contributed by atoms with E-state index in [-0.39, 0.29) is 23.5 Å². The Morgan fingerprint density at radius 2 is 1.88 bits per heavy atom. The predicted molar refractivity (Wildman–Crippen MR) is 87.3 cm³/mol. The number of rotatable bonds is 5. The minimum absolute atomic E-state index is 0.0538. The molecular formula is C16H22N2O5S. The van der Waals surface area contributed by atoms with Crippen molar-refractivity contribution < 1.29 is 22.7 Å². The molecule has 24 heavy (non-hydrogen) atoms. The zero-order valence-electron chi connectivity index (χ0n) is 13.4. The molecule has 2 aliphatic rings. The van der Waals surface area contributed by atoms with Gasteiger partial charge >= 0.3 is 0 Å². The van der Waals surface area contributed by atoms with Gasteiger partial charge in [0.25, 0.3) is 5.91 Å². The third-order valence-corrected chi connectivity index (χ3v) is 5.67. The highest BCUT2D eigenvalue weighted by Crippen LogP contribution is 2.15. The number of nitrogens with zero attached hydrogens (tertiary/aromatic N) is 1. The van der Waals surface area contributed by atoms with Gasteiger partial charge in [0.05, 0.1) is 24.2 Å². The van der Waals surface area contributed by atoms with E-state index >= 15 is 0 Å². The number of ether oxygens (including phenoxy) is 2. The normalized spacial score (nSPS) is 21.8. The van der Waals surface area contributed by atoms with Gasteiger partial charge in [-0.1, -0.05) is 0 Å². The lowest BCUT2D eigenvalue weighted by Crippen LogP contribution is -2.40. The third kappa shape index (κ3) is 4.13. The van der Waals surface area contributed by atoms with Crippen LogP contribution >= 0.6 is 0 Å². The van der Waals surface area contributed by atoms with Gasteiger partial charge in [-0.05, 0) is 37.1 Å². The standard InChI is InChI=1S/C16H22N2O5S/c19-16(18-7-10-22-11-8-18)13-3-5-15(6-4-13)24(20,21)17-12-14-2-1-9-23-14/h3-6,14,17H,1-2,7-12H2. The van der Waals surface area contributed by atoms with E-state index < -0.39 is 10.0 Å². The van der Waals surface area contributed by atoms with Crippen LogP contribution in [0.3, 0.4) is 0 Å². The molecular weight excluding hydrogens is 332 g/mol. The largest absolute Gasteiger partial charge is 0.378 e. The first-order chi connectivity index (χ1) is 11.6. The fraction of sp³-hybridized carbons (Fsp3) is 0.562. The molecule has 0 aromatic heterocycles. The van der Waals surface area contributed by atoms with E-state index in [1.165, 1.54) is 12.1 Å². The molecule has 1 amide bonds. The second kappa shape index (κ2) is 7.60. The summed E-state index contributed by atoms with van der Waals surface area (Å²) in [6, 6.07) is 6.04. The number of amides is 1. The maximum Gasteiger partial charge on any atom is 0.254 e. The Labute approximate surface area is 142 Å². The highest BCUT2D eigenvalue weighted by molar-refractivity contribution is 7.89. The molecule has 2 saturated heterocycles. The van der Waals surface area contributed by atoms with Gasteiger partial charge in [-0.2, -0.15) is 0 Å². The molecule has 0 aliphatic carbocycles. The minimum atomic E-state index is -3.59. The van der Waals surface area contributed by atoms with Crippen molar-refractivity contribution in [2.75, 3.05) is 39.5 Å². The number of benzene rings is 1. The average Bonchev–Trinajstić information content (AvgIpc) is 3.14. The Morgan fingerprint density at radius 1 is 1.17 bits per heavy atom. The Hall–Kier alpha value is -1.48. The van der Waals surface area contributed by atoms with E-state index in [2.05, 4.69) is 4.72 Å². The Kier molecular flexibility index (Phi) is 5.50. The number of carbonyl (C=O) groups is 1. The molecule has 1 unspecified atom stereocenters. The lowest BCUT2D eigenvalue weighted by molar-refractivity contribution is 0.0303. The summed E-state index contributed by atoms with van der Waals surface area (Å²) in [4.78, 5) is 14.2. The Morgan fingerprint density at radius 3 is 2.50 bits per heavy atom. The van der Waals surface area contributed by atoms with Crippen LogP contribution in [-0.2, 0) is 19.5 Å². The molecule has 132 valence electrons. The molecule has 2 aliphatic heterocycles. The molecule has 1 N–H and O–H groups in total. The molecule has 1 aromatic rings. The van der Waals surface area contributed by atoms with Crippen molar-refractivity contribution in [1.82, 2.24) is 9.62 Å². The van der Waals surface area contributed by atoms with E-state index in [9.17, 15) is 13.2 Å². The van der Waals surface area contributed by atoms with Crippen molar-refractivity contribution in [3.05, 3.63) is 29.8 Å². The summed E-state index contributed by atoms with van der Waals surface area (Å²) < 4.78 is 37.8. The third-order valence-electron chi connectivity index (χ3n) is 4.23. The molecule has 0 saturated carbocycles. The van der Waals surface area contributed by atoms with E-state index in [1.807, 2.05) is 0 Å². The van der Waals surface area contributed by atoms with Crippen LogP contribution in [0.25, 0.3) is 0 Å². The van der Waals surface area contributed by atoms with Gasteiger partial charge in [0, 0.05) is 31.8 Å². The zero-order valence-corrected chi connectivity index (χ0v) is 14.3. The minimum Gasteiger partial charge on any atom is -0.378 e. The monoisotopic (exact) mass is 354 g/mol. The van der Waals surface area contributed by atoms with Crippen molar-refractivity contribution in [3.8, 4) is 0 Å². The van der Waals surface area contributed by atoms with Gasteiger partial charge in [0.1, 0.15) is 0 Å². The van der Waals surface area contributed by atoms with Crippen LogP contribution in [0, 0.1) is 0 Å². The van der Waals surface area contributed by atoms with Gasteiger partial charge in [-0.15, -0.1) is 0 Å². The fourth-order valence-corrected chi connectivity index (χ4v) is 3.88. The fourth-order valence-electron chi connectivity index (χ4n) is 2.82. The van der Waals surface area contributed by atoms with Crippen molar-refractivity contribution in [2.24, 2.45) is 0 Å². The molecule has 2 heterocycles. The molecule has 0 bridgehead atoms. The van der Waals surface area contributed by atoms with Crippen LogP contribution in [0.5, 0.6) is 0 Å². The molecule has 8 heteroatoms. The lowest BCUT2D eigenvalue weighted by atomic mass is 10.2. The van der Waals surface area contributed by atoms with Crippen LogP contribution in [0.2, 0.25) is 0 Å². The van der Waals surface area contributed by atoms with Crippen LogP contribution in [-0.4, -0.2) is 64.8 Å². The first-order valence-electron chi connectivity index (χ1n) is 8.14. The quantitative estimate of drug-likeness (QED) is 0.838. The lowest BCUT2D eigenvalue weighted by Gasteiger charge is -2.26. The molecule has 0 radical (unpaired) electrons. The second-order valence-corrected chi connectivity index (χ2v) is 7.68. The van der Waals surface area contributed by atoms with Crippen molar-refractivity contribution in [1.29, 1.82) is 0 Å². The second-order valence-electron chi connectivity index (χ2n) is 5.92. The molecule has 0 spiro atoms. The van der Waals surface area contributed by atoms with Crippen molar-refractivity contribution >= 4 is 15.9 Å². The summed E-state index contributed by atoms with van der Waals surface area (Å²) in [7, 11) is -3.59. The van der Waals surface area contributed by atoms with Crippen LogP contribution in [0.4, 0.5) is 0 Å². The first kappa shape index (κ1) is 17.3. The smallest absolute Gasteiger partial charge is 0.254 e. The summed E-state index contributed by atoms with van der Waals surface area (Å²) in [5.41, 5.74) is 0.481. The molecule has 1 atom stereocenters. The summed E-state index contributed by atoms with van der Waals surface area (Å²) in [6.45, 7) is 3.14. The van der Waals surface area contributed by atoms with Crippen LogP contribution in [0.15, 0.2) is 29.2 Å². The maximum atomic E-state index is 12.3. The number of carbonyl (C=O) groups excluding carboxylic acids is 1. The Bertz CT molecular complexity index is 662. The number of morpholine rings is 1. The van der Waals surface area contributed by atoms with Gasteiger partial charge in [0.2, 0.25) is 10.0 Å². The van der Waals surface area contributed by atoms with E-state index in [0.717, 1.165) is 12.8 Å². The molecule has 3 rings (SSSR count). The van der Waals surface area contributed by atoms with Gasteiger partial charge in [-0.25, -0.2) is 13.1 Å². The Balaban J connectivity index is 1.63. The highest BCUT2D eigenvalue weighted by atomic mass is 32.2. The summed E-state index contributed by atoms with van der Waals surface area (Å²) in [5, 5.41) is 0. The van der Waals surface area contributed by atoms with Crippen molar-refractivity contribution in [2.45, 2.75) is 23.8 Å². The number of hydrogen-bond acceptors (Lipinski definition) is 5. The maximum absolute atomic E-state index is 12.3. The summed E-state index contributed by atoms with van der Waals surface area (Å²) >= 11 is 0. The average molecular weight is 354 g/mol. The van der Waals surface area contributed by atoms with Crippen LogP contribution in [0.1, 0.15) is 23.2 Å². The van der Waals surface area contributed by atoms with E-state index in [4.69, 9.17) is 9.47 Å². The van der Waals surface area contributed by atoms with Crippen molar-refractivity contribution in [3.63, 3.8) is 0 Å². The summed E-state index contributed by atoms with van der Waals surface area (Å²) in [6.07, 6.45) is 1.78. The molecule has 1 aromatic carbocycles. The van der Waals surface area contributed by atoms with Gasteiger partial charge in [-0.3, -0.25) is 4.79 Å². The van der Waals surface area contributed by atoms with Gasteiger partial charge in [0.15, 0.2) is 0 Å². The van der Waals surface area contributed by atoms with Crippen LogP contribution < -0.4 is 4.72 Å². The first-order valence-corrected chi connectivity index (χ1v) is 9.63. The van der Waals surface area contributed by atoms with E-state index in [1.54, 1.807) is 17.0 Å². The predicted octanol–water partition coefficient (Wildman–Crippen LogP) is 0.616. The highest BCUT2D eigenvalue weighted by Gasteiger charge is 2.22. The SMILES string of the molecule is O=C(c1ccc(S(=O)(=O)NCC2CCCO2)cc1)N1CCOCC1. The number of sulfonamides is 1. The molecule has 2 fully saturated rings. The van der Waals surface area contributed by atoms with E-state index in [0.29, 0.717) is 38.5 Å². The van der Waals surface area contributed by atoms with Gasteiger partial charge < -0.3 is 14.4 Å². The summed E-state index contributed by atoms with van der Waals surface area (Å²) in [5.74, 6) is -0.102.